The fraction of sp³-hybridized carbons (Fsp3) is 0.538. The smallest absolute Gasteiger partial charge is 0.0581 e. The first-order chi connectivity index (χ1) is 7.49. The van der Waals surface area contributed by atoms with Crippen LogP contribution >= 0.6 is 23.2 Å². The SMILES string of the molecule is CC(C)CCC(O)Cc1ccc(Cl)cc1Cl. The van der Waals surface area contributed by atoms with Crippen LogP contribution in [-0.2, 0) is 6.42 Å². The second-order valence-corrected chi connectivity index (χ2v) is 5.41. The summed E-state index contributed by atoms with van der Waals surface area (Å²) in [6, 6.07) is 5.40. The summed E-state index contributed by atoms with van der Waals surface area (Å²) in [6.45, 7) is 4.31. The van der Waals surface area contributed by atoms with Gasteiger partial charge < -0.3 is 5.11 Å². The van der Waals surface area contributed by atoms with E-state index in [9.17, 15) is 5.11 Å². The quantitative estimate of drug-likeness (QED) is 0.836. The van der Waals surface area contributed by atoms with E-state index in [1.54, 1.807) is 12.1 Å². The van der Waals surface area contributed by atoms with Crippen LogP contribution in [-0.4, -0.2) is 11.2 Å². The predicted molar refractivity (Wildman–Crippen MR) is 70.2 cm³/mol. The number of hydrogen-bond acceptors (Lipinski definition) is 1. The first kappa shape index (κ1) is 13.8. The molecule has 1 aromatic carbocycles. The molecule has 0 aliphatic heterocycles. The van der Waals surface area contributed by atoms with Crippen LogP contribution < -0.4 is 0 Å². The van der Waals surface area contributed by atoms with Gasteiger partial charge >= 0.3 is 0 Å². The van der Waals surface area contributed by atoms with E-state index in [0.717, 1.165) is 18.4 Å². The third-order valence-corrected chi connectivity index (χ3v) is 3.13. The lowest BCUT2D eigenvalue weighted by Crippen LogP contribution is -2.11. The van der Waals surface area contributed by atoms with Crippen molar-refractivity contribution in [2.75, 3.05) is 0 Å². The molecule has 0 saturated heterocycles. The lowest BCUT2D eigenvalue weighted by atomic mass is 10.00. The summed E-state index contributed by atoms with van der Waals surface area (Å²) >= 11 is 11.9. The van der Waals surface area contributed by atoms with E-state index in [1.165, 1.54) is 0 Å². The largest absolute Gasteiger partial charge is 0.393 e. The van der Waals surface area contributed by atoms with Gasteiger partial charge in [-0.1, -0.05) is 43.1 Å². The maximum absolute atomic E-state index is 9.85. The first-order valence-corrected chi connectivity index (χ1v) is 6.36. The van der Waals surface area contributed by atoms with E-state index in [2.05, 4.69) is 13.8 Å². The molecule has 1 rings (SSSR count). The lowest BCUT2D eigenvalue weighted by molar-refractivity contribution is 0.157. The monoisotopic (exact) mass is 260 g/mol. The Labute approximate surface area is 107 Å². The fourth-order valence-electron chi connectivity index (χ4n) is 1.57. The third kappa shape index (κ3) is 4.73. The van der Waals surface area contributed by atoms with Crippen molar-refractivity contribution >= 4 is 23.2 Å². The van der Waals surface area contributed by atoms with Crippen molar-refractivity contribution in [1.29, 1.82) is 0 Å². The number of benzene rings is 1. The van der Waals surface area contributed by atoms with Crippen LogP contribution in [0.25, 0.3) is 0 Å². The van der Waals surface area contributed by atoms with Crippen molar-refractivity contribution in [2.45, 2.75) is 39.2 Å². The van der Waals surface area contributed by atoms with Gasteiger partial charge in [0.25, 0.3) is 0 Å². The standard InChI is InChI=1S/C13H18Cl2O/c1-9(2)3-6-12(16)7-10-4-5-11(14)8-13(10)15/h4-5,8-9,12,16H,3,6-7H2,1-2H3. The lowest BCUT2D eigenvalue weighted by Gasteiger charge is -2.13. The minimum atomic E-state index is -0.318. The minimum Gasteiger partial charge on any atom is -0.393 e. The van der Waals surface area contributed by atoms with Crippen LogP contribution in [0.5, 0.6) is 0 Å². The zero-order chi connectivity index (χ0) is 12.1. The van der Waals surface area contributed by atoms with Gasteiger partial charge in [0.2, 0.25) is 0 Å². The van der Waals surface area contributed by atoms with Crippen molar-refractivity contribution in [3.05, 3.63) is 33.8 Å². The Hall–Kier alpha value is -0.240. The van der Waals surface area contributed by atoms with Crippen LogP contribution in [0.3, 0.4) is 0 Å². The minimum absolute atomic E-state index is 0.318. The van der Waals surface area contributed by atoms with Crippen LogP contribution in [0.4, 0.5) is 0 Å². The number of aliphatic hydroxyl groups is 1. The van der Waals surface area contributed by atoms with Gasteiger partial charge in [0, 0.05) is 10.0 Å². The Kier molecular flexibility index (Phi) is 5.60. The fourth-order valence-corrected chi connectivity index (χ4v) is 2.05. The molecule has 0 aromatic heterocycles. The maximum atomic E-state index is 9.85. The van der Waals surface area contributed by atoms with Gasteiger partial charge in [-0.15, -0.1) is 0 Å². The molecule has 0 fully saturated rings. The molecule has 1 unspecified atom stereocenters. The van der Waals surface area contributed by atoms with E-state index < -0.39 is 0 Å². The molecule has 1 nitrogen and oxygen atoms in total. The summed E-state index contributed by atoms with van der Waals surface area (Å²) < 4.78 is 0. The molecule has 0 heterocycles. The van der Waals surface area contributed by atoms with Crippen LogP contribution in [0, 0.1) is 5.92 Å². The highest BCUT2D eigenvalue weighted by atomic mass is 35.5. The Bertz CT molecular complexity index is 337. The zero-order valence-electron chi connectivity index (χ0n) is 9.71. The Morgan fingerprint density at radius 3 is 2.44 bits per heavy atom. The molecular formula is C13H18Cl2O. The molecule has 16 heavy (non-hydrogen) atoms. The molecular weight excluding hydrogens is 243 g/mol. The average Bonchev–Trinajstić information content (AvgIpc) is 2.19. The van der Waals surface area contributed by atoms with Gasteiger partial charge in [-0.25, -0.2) is 0 Å². The van der Waals surface area contributed by atoms with Gasteiger partial charge in [-0.2, -0.15) is 0 Å². The van der Waals surface area contributed by atoms with Crippen molar-refractivity contribution in [3.63, 3.8) is 0 Å². The number of hydrogen-bond donors (Lipinski definition) is 1. The van der Waals surface area contributed by atoms with Gasteiger partial charge in [0.1, 0.15) is 0 Å². The number of halogens is 2. The van der Waals surface area contributed by atoms with E-state index in [4.69, 9.17) is 23.2 Å². The van der Waals surface area contributed by atoms with Crippen LogP contribution in [0.15, 0.2) is 18.2 Å². The highest BCUT2D eigenvalue weighted by Gasteiger charge is 2.09. The molecule has 0 amide bonds. The van der Waals surface area contributed by atoms with E-state index >= 15 is 0 Å². The van der Waals surface area contributed by atoms with Gasteiger partial charge in [0.05, 0.1) is 6.10 Å². The summed E-state index contributed by atoms with van der Waals surface area (Å²) in [6.07, 6.45) is 2.13. The van der Waals surface area contributed by atoms with Gasteiger partial charge in [-0.05, 0) is 42.9 Å². The zero-order valence-corrected chi connectivity index (χ0v) is 11.2. The number of aliphatic hydroxyl groups excluding tert-OH is 1. The molecule has 3 heteroatoms. The molecule has 1 aromatic rings. The topological polar surface area (TPSA) is 20.2 Å². The molecule has 0 radical (unpaired) electrons. The van der Waals surface area contributed by atoms with Gasteiger partial charge in [0.15, 0.2) is 0 Å². The second-order valence-electron chi connectivity index (χ2n) is 4.56. The molecule has 0 aliphatic rings. The molecule has 0 spiro atoms. The second kappa shape index (κ2) is 6.48. The maximum Gasteiger partial charge on any atom is 0.0581 e. The Morgan fingerprint density at radius 1 is 1.19 bits per heavy atom. The highest BCUT2D eigenvalue weighted by molar-refractivity contribution is 6.35. The van der Waals surface area contributed by atoms with Crippen LogP contribution in [0.2, 0.25) is 10.0 Å². The highest BCUT2D eigenvalue weighted by Crippen LogP contribution is 2.23. The van der Waals surface area contributed by atoms with Crippen molar-refractivity contribution in [3.8, 4) is 0 Å². The van der Waals surface area contributed by atoms with Crippen molar-refractivity contribution in [1.82, 2.24) is 0 Å². The molecule has 0 saturated carbocycles. The van der Waals surface area contributed by atoms with Crippen LogP contribution in [0.1, 0.15) is 32.3 Å². The predicted octanol–water partition coefficient (Wildman–Crippen LogP) is 4.33. The molecule has 0 aliphatic carbocycles. The molecule has 0 bridgehead atoms. The normalized spacial score (nSPS) is 13.1. The van der Waals surface area contributed by atoms with E-state index in [0.29, 0.717) is 22.4 Å². The van der Waals surface area contributed by atoms with E-state index in [-0.39, 0.29) is 6.10 Å². The Morgan fingerprint density at radius 2 is 1.88 bits per heavy atom. The van der Waals surface area contributed by atoms with Crippen molar-refractivity contribution in [2.24, 2.45) is 5.92 Å². The average molecular weight is 261 g/mol. The Balaban J connectivity index is 2.52. The molecule has 1 N–H and O–H groups in total. The number of rotatable bonds is 5. The summed E-state index contributed by atoms with van der Waals surface area (Å²) in [5.74, 6) is 0.621. The molecule has 90 valence electrons. The van der Waals surface area contributed by atoms with Gasteiger partial charge in [-0.3, -0.25) is 0 Å². The first-order valence-electron chi connectivity index (χ1n) is 5.61. The third-order valence-electron chi connectivity index (χ3n) is 2.55. The van der Waals surface area contributed by atoms with E-state index in [1.807, 2.05) is 6.07 Å². The summed E-state index contributed by atoms with van der Waals surface area (Å²) in [5, 5.41) is 11.1. The molecule has 1 atom stereocenters. The summed E-state index contributed by atoms with van der Waals surface area (Å²) in [7, 11) is 0. The summed E-state index contributed by atoms with van der Waals surface area (Å²) in [4.78, 5) is 0. The summed E-state index contributed by atoms with van der Waals surface area (Å²) in [5.41, 5.74) is 0.960. The van der Waals surface area contributed by atoms with Crippen molar-refractivity contribution < 1.29 is 5.11 Å².